The highest BCUT2D eigenvalue weighted by Gasteiger charge is 2.13. The second-order valence-corrected chi connectivity index (χ2v) is 4.38. The van der Waals surface area contributed by atoms with Crippen LogP contribution in [0.1, 0.15) is 5.56 Å². The van der Waals surface area contributed by atoms with Crippen molar-refractivity contribution in [3.8, 4) is 34.5 Å². The largest absolute Gasteiger partial charge is 0.508 e. The minimum Gasteiger partial charge on any atom is -0.508 e. The summed E-state index contributed by atoms with van der Waals surface area (Å²) >= 11 is 0. The predicted octanol–water partition coefficient (Wildman–Crippen LogP) is 2.52. The smallest absolute Gasteiger partial charge is 0.258 e. The van der Waals surface area contributed by atoms with Crippen LogP contribution >= 0.6 is 0 Å². The van der Waals surface area contributed by atoms with Crippen LogP contribution in [0.5, 0.6) is 11.5 Å². The Labute approximate surface area is 114 Å². The molecule has 1 aromatic carbocycles. The van der Waals surface area contributed by atoms with Crippen molar-refractivity contribution >= 4 is 0 Å². The maximum atomic E-state index is 9.45. The third-order valence-electron chi connectivity index (χ3n) is 2.72. The molecular formula is C14H11N3O3. The fourth-order valence-corrected chi connectivity index (χ4v) is 1.82. The molecular weight excluding hydrogens is 258 g/mol. The van der Waals surface area contributed by atoms with Crippen molar-refractivity contribution in [3.05, 3.63) is 42.1 Å². The highest BCUT2D eigenvalue weighted by Crippen LogP contribution is 2.28. The predicted molar refractivity (Wildman–Crippen MR) is 71.0 cm³/mol. The Kier molecular flexibility index (Phi) is 2.83. The first-order chi connectivity index (χ1) is 9.61. The van der Waals surface area contributed by atoms with Crippen LogP contribution in [0.2, 0.25) is 0 Å². The molecule has 2 heterocycles. The molecule has 0 aliphatic carbocycles. The second kappa shape index (κ2) is 4.65. The number of phenols is 2. The minimum absolute atomic E-state index is 0.0755. The summed E-state index contributed by atoms with van der Waals surface area (Å²) in [5.74, 6) is 0.405. The summed E-state index contributed by atoms with van der Waals surface area (Å²) in [4.78, 5) is 8.38. The Morgan fingerprint density at radius 3 is 2.50 bits per heavy atom. The Balaban J connectivity index is 2.02. The van der Waals surface area contributed by atoms with E-state index in [1.807, 2.05) is 19.1 Å². The third kappa shape index (κ3) is 2.31. The van der Waals surface area contributed by atoms with Crippen LogP contribution in [-0.4, -0.2) is 25.3 Å². The summed E-state index contributed by atoms with van der Waals surface area (Å²) < 4.78 is 5.13. The van der Waals surface area contributed by atoms with Crippen molar-refractivity contribution in [1.82, 2.24) is 15.1 Å². The van der Waals surface area contributed by atoms with Crippen LogP contribution in [-0.2, 0) is 0 Å². The number of aromatic nitrogens is 3. The lowest BCUT2D eigenvalue weighted by molar-refractivity contribution is 0.428. The van der Waals surface area contributed by atoms with Crippen molar-refractivity contribution in [3.63, 3.8) is 0 Å². The van der Waals surface area contributed by atoms with Gasteiger partial charge in [0.25, 0.3) is 5.89 Å². The number of hydrogen-bond donors (Lipinski definition) is 2. The molecule has 0 saturated carbocycles. The molecule has 0 bridgehead atoms. The van der Waals surface area contributed by atoms with Crippen molar-refractivity contribution in [2.75, 3.05) is 0 Å². The number of pyridine rings is 1. The molecule has 0 radical (unpaired) electrons. The summed E-state index contributed by atoms with van der Waals surface area (Å²) in [6, 6.07) is 7.80. The lowest BCUT2D eigenvalue weighted by Gasteiger charge is -1.98. The van der Waals surface area contributed by atoms with Crippen LogP contribution in [0.4, 0.5) is 0 Å². The van der Waals surface area contributed by atoms with Gasteiger partial charge in [-0.25, -0.2) is 0 Å². The van der Waals surface area contributed by atoms with Gasteiger partial charge < -0.3 is 14.7 Å². The molecule has 0 spiro atoms. The average Bonchev–Trinajstić information content (AvgIpc) is 2.87. The van der Waals surface area contributed by atoms with Crippen molar-refractivity contribution in [1.29, 1.82) is 0 Å². The second-order valence-electron chi connectivity index (χ2n) is 4.38. The van der Waals surface area contributed by atoms with Crippen molar-refractivity contribution < 1.29 is 14.7 Å². The maximum absolute atomic E-state index is 9.45. The fraction of sp³-hybridized carbons (Fsp3) is 0.0714. The van der Waals surface area contributed by atoms with E-state index in [9.17, 15) is 10.2 Å². The Bertz CT molecular complexity index is 748. The topological polar surface area (TPSA) is 92.3 Å². The summed E-state index contributed by atoms with van der Waals surface area (Å²) in [6.45, 7) is 1.94. The van der Waals surface area contributed by atoms with Crippen molar-refractivity contribution in [2.45, 2.75) is 6.92 Å². The maximum Gasteiger partial charge on any atom is 0.258 e. The molecule has 6 heteroatoms. The highest BCUT2D eigenvalue weighted by atomic mass is 16.5. The van der Waals surface area contributed by atoms with E-state index < -0.39 is 0 Å². The minimum atomic E-state index is -0.0755. The van der Waals surface area contributed by atoms with E-state index in [-0.39, 0.29) is 17.4 Å². The summed E-state index contributed by atoms with van der Waals surface area (Å²) in [6.07, 6.45) is 1.67. The monoisotopic (exact) mass is 269 g/mol. The molecule has 0 unspecified atom stereocenters. The standard InChI is InChI=1S/C14H11N3O3/c1-8-2-3-15-12(4-8)13-16-14(20-17-13)9-5-10(18)7-11(19)6-9/h2-7,18-19H,1H3. The zero-order chi connectivity index (χ0) is 14.1. The Hall–Kier alpha value is -2.89. The molecule has 3 aromatic rings. The van der Waals surface area contributed by atoms with Gasteiger partial charge in [0.05, 0.1) is 0 Å². The Morgan fingerprint density at radius 2 is 1.80 bits per heavy atom. The van der Waals surface area contributed by atoms with E-state index >= 15 is 0 Å². The molecule has 0 amide bonds. The Morgan fingerprint density at radius 1 is 1.05 bits per heavy atom. The lowest BCUT2D eigenvalue weighted by Crippen LogP contribution is -1.86. The molecule has 0 aliphatic rings. The molecule has 2 aromatic heterocycles. The molecule has 100 valence electrons. The van der Waals surface area contributed by atoms with Gasteiger partial charge in [0.2, 0.25) is 5.82 Å². The van der Waals surface area contributed by atoms with E-state index in [0.717, 1.165) is 5.56 Å². The van der Waals surface area contributed by atoms with Crippen molar-refractivity contribution in [2.24, 2.45) is 0 Å². The van der Waals surface area contributed by atoms with Gasteiger partial charge in [-0.05, 0) is 36.8 Å². The summed E-state index contributed by atoms with van der Waals surface area (Å²) in [7, 11) is 0. The molecule has 2 N–H and O–H groups in total. The van der Waals surface area contributed by atoms with E-state index in [4.69, 9.17) is 4.52 Å². The van der Waals surface area contributed by atoms with Crippen LogP contribution in [0.15, 0.2) is 41.1 Å². The van der Waals surface area contributed by atoms with E-state index in [1.54, 1.807) is 6.20 Å². The van der Waals surface area contributed by atoms with Gasteiger partial charge in [-0.1, -0.05) is 5.16 Å². The van der Waals surface area contributed by atoms with Gasteiger partial charge in [-0.15, -0.1) is 0 Å². The first-order valence-electron chi connectivity index (χ1n) is 5.92. The molecule has 6 nitrogen and oxygen atoms in total. The van der Waals surface area contributed by atoms with Gasteiger partial charge in [0.1, 0.15) is 17.2 Å². The van der Waals surface area contributed by atoms with Gasteiger partial charge in [0.15, 0.2) is 0 Å². The number of aryl methyl sites for hydroxylation is 1. The number of phenolic OH excluding ortho intramolecular Hbond substituents is 2. The van der Waals surface area contributed by atoms with E-state index in [1.165, 1.54) is 18.2 Å². The quantitative estimate of drug-likeness (QED) is 0.742. The first kappa shape index (κ1) is 12.2. The van der Waals surface area contributed by atoms with Gasteiger partial charge >= 0.3 is 0 Å². The highest BCUT2D eigenvalue weighted by molar-refractivity contribution is 5.61. The molecule has 0 aliphatic heterocycles. The van der Waals surface area contributed by atoms with Gasteiger partial charge in [-0.2, -0.15) is 4.98 Å². The molecule has 0 fully saturated rings. The zero-order valence-electron chi connectivity index (χ0n) is 10.6. The van der Waals surface area contributed by atoms with Crippen LogP contribution in [0.3, 0.4) is 0 Å². The molecule has 0 atom stereocenters. The van der Waals surface area contributed by atoms with Crippen LogP contribution in [0.25, 0.3) is 23.0 Å². The molecule has 20 heavy (non-hydrogen) atoms. The molecule has 3 rings (SSSR count). The average molecular weight is 269 g/mol. The molecule has 0 saturated heterocycles. The third-order valence-corrected chi connectivity index (χ3v) is 2.72. The number of rotatable bonds is 2. The number of nitrogens with zero attached hydrogens (tertiary/aromatic N) is 3. The number of benzene rings is 1. The van der Waals surface area contributed by atoms with Gasteiger partial charge in [-0.3, -0.25) is 4.98 Å². The van der Waals surface area contributed by atoms with E-state index in [0.29, 0.717) is 17.1 Å². The number of aromatic hydroxyl groups is 2. The SMILES string of the molecule is Cc1ccnc(-c2noc(-c3cc(O)cc(O)c3)n2)c1. The van der Waals surface area contributed by atoms with Gasteiger partial charge in [0, 0.05) is 17.8 Å². The van der Waals surface area contributed by atoms with Crippen LogP contribution in [0, 0.1) is 6.92 Å². The van der Waals surface area contributed by atoms with E-state index in [2.05, 4.69) is 15.1 Å². The summed E-state index contributed by atoms with van der Waals surface area (Å²) in [5, 5.41) is 22.8. The lowest BCUT2D eigenvalue weighted by atomic mass is 10.2. The summed E-state index contributed by atoms with van der Waals surface area (Å²) in [5.41, 5.74) is 2.08. The fourth-order valence-electron chi connectivity index (χ4n) is 1.82. The normalized spacial score (nSPS) is 10.7. The number of hydrogen-bond acceptors (Lipinski definition) is 6. The first-order valence-corrected chi connectivity index (χ1v) is 5.92. The van der Waals surface area contributed by atoms with Crippen LogP contribution < -0.4 is 0 Å². The zero-order valence-corrected chi connectivity index (χ0v) is 10.6.